The number of carbonyl (C=O) groups excluding carboxylic acids is 1. The largest absolute Gasteiger partial charge is 0.383 e. The molecule has 0 saturated heterocycles. The van der Waals surface area contributed by atoms with Crippen molar-refractivity contribution in [1.82, 2.24) is 9.29 Å². The van der Waals surface area contributed by atoms with E-state index in [4.69, 9.17) is 9.47 Å². The second-order valence-corrected chi connectivity index (χ2v) is 10.5. The number of thiazole rings is 1. The van der Waals surface area contributed by atoms with Gasteiger partial charge < -0.3 is 9.47 Å². The Balaban J connectivity index is 1.73. The number of rotatable bonds is 11. The van der Waals surface area contributed by atoms with Crippen molar-refractivity contribution in [1.29, 1.82) is 0 Å². The molecule has 2 aromatic carbocycles. The van der Waals surface area contributed by atoms with E-state index < -0.39 is 10.0 Å². The van der Waals surface area contributed by atoms with Gasteiger partial charge in [0.1, 0.15) is 0 Å². The normalized spacial score (nSPS) is 11.7. The number of sulfonamides is 1. The van der Waals surface area contributed by atoms with Crippen LogP contribution < -0.4 is 5.32 Å². The molecule has 8 nitrogen and oxygen atoms in total. The third kappa shape index (κ3) is 6.28. The molecule has 1 aromatic heterocycles. The molecule has 3 rings (SSSR count). The number of nitrogens with one attached hydrogen (secondary N) is 1. The number of nitrogens with zero attached hydrogens (tertiary/aromatic N) is 2. The lowest BCUT2D eigenvalue weighted by atomic mass is 10.0. The molecule has 1 amide bonds. The lowest BCUT2D eigenvalue weighted by Gasteiger charge is -2.21. The van der Waals surface area contributed by atoms with Gasteiger partial charge in [-0.2, -0.15) is 4.31 Å². The summed E-state index contributed by atoms with van der Waals surface area (Å²) in [6.45, 7) is 4.99. The molecule has 0 unspecified atom stereocenters. The van der Waals surface area contributed by atoms with Crippen LogP contribution in [0.4, 0.5) is 5.13 Å². The van der Waals surface area contributed by atoms with Crippen molar-refractivity contribution in [3.8, 4) is 11.3 Å². The van der Waals surface area contributed by atoms with Gasteiger partial charge in [0.05, 0.1) is 23.8 Å². The minimum absolute atomic E-state index is 0.0997. The van der Waals surface area contributed by atoms with E-state index in [-0.39, 0.29) is 37.1 Å². The highest BCUT2D eigenvalue weighted by molar-refractivity contribution is 7.89. The summed E-state index contributed by atoms with van der Waals surface area (Å²) in [7, 11) is -0.719. The Kier molecular flexibility index (Phi) is 8.92. The molecule has 3 aromatic rings. The van der Waals surface area contributed by atoms with Crippen LogP contribution in [0.5, 0.6) is 0 Å². The fourth-order valence-corrected chi connectivity index (χ4v) is 5.42. The summed E-state index contributed by atoms with van der Waals surface area (Å²) >= 11 is 1.34. The minimum Gasteiger partial charge on any atom is -0.383 e. The fourth-order valence-electron chi connectivity index (χ4n) is 3.30. The van der Waals surface area contributed by atoms with Crippen molar-refractivity contribution in [2.75, 3.05) is 45.8 Å². The van der Waals surface area contributed by atoms with Crippen molar-refractivity contribution >= 4 is 32.4 Å². The van der Waals surface area contributed by atoms with Gasteiger partial charge in [-0.1, -0.05) is 17.7 Å². The second-order valence-electron chi connectivity index (χ2n) is 7.72. The Labute approximate surface area is 204 Å². The first-order valence-corrected chi connectivity index (χ1v) is 13.0. The predicted molar refractivity (Wildman–Crippen MR) is 134 cm³/mol. The van der Waals surface area contributed by atoms with E-state index in [1.807, 2.05) is 31.4 Å². The van der Waals surface area contributed by atoms with Crippen LogP contribution in [0.25, 0.3) is 11.3 Å². The summed E-state index contributed by atoms with van der Waals surface area (Å²) in [5, 5.41) is 5.17. The first-order chi connectivity index (χ1) is 16.3. The van der Waals surface area contributed by atoms with Crippen LogP contribution in [0.15, 0.2) is 52.7 Å². The summed E-state index contributed by atoms with van der Waals surface area (Å²) in [5.74, 6) is -0.360. The fraction of sp³-hybridized carbons (Fsp3) is 0.333. The number of anilines is 1. The third-order valence-electron chi connectivity index (χ3n) is 5.24. The molecular formula is C24H29N3O5S2. The van der Waals surface area contributed by atoms with Gasteiger partial charge in [0.15, 0.2) is 5.13 Å². The smallest absolute Gasteiger partial charge is 0.257 e. The van der Waals surface area contributed by atoms with Crippen LogP contribution >= 0.6 is 11.3 Å². The number of amides is 1. The Morgan fingerprint density at radius 2 is 1.68 bits per heavy atom. The lowest BCUT2D eigenvalue weighted by molar-refractivity contribution is 0.102. The number of methoxy groups -OCH3 is 2. The third-order valence-corrected chi connectivity index (χ3v) is 7.91. The van der Waals surface area contributed by atoms with E-state index in [0.717, 1.165) is 22.4 Å². The van der Waals surface area contributed by atoms with E-state index in [1.165, 1.54) is 54.1 Å². The zero-order valence-electron chi connectivity index (χ0n) is 19.7. The van der Waals surface area contributed by atoms with Crippen LogP contribution in [0.3, 0.4) is 0 Å². The molecule has 182 valence electrons. The van der Waals surface area contributed by atoms with Gasteiger partial charge >= 0.3 is 0 Å². The zero-order chi connectivity index (χ0) is 24.7. The van der Waals surface area contributed by atoms with Crippen molar-refractivity contribution in [3.63, 3.8) is 0 Å². The maximum Gasteiger partial charge on any atom is 0.257 e. The molecule has 1 heterocycles. The second kappa shape index (κ2) is 11.7. The number of hydrogen-bond donors (Lipinski definition) is 1. The van der Waals surface area contributed by atoms with Crippen molar-refractivity contribution < 1.29 is 22.7 Å². The molecule has 10 heteroatoms. The number of benzene rings is 2. The van der Waals surface area contributed by atoms with Gasteiger partial charge in [-0.25, -0.2) is 13.4 Å². The average molecular weight is 504 g/mol. The van der Waals surface area contributed by atoms with E-state index in [2.05, 4.69) is 16.4 Å². The Morgan fingerprint density at radius 1 is 1.03 bits per heavy atom. The number of hydrogen-bond acceptors (Lipinski definition) is 7. The Hall–Kier alpha value is -2.63. The minimum atomic E-state index is -3.75. The highest BCUT2D eigenvalue weighted by Gasteiger charge is 2.24. The number of ether oxygens (including phenoxy) is 2. The Bertz CT molecular complexity index is 1220. The molecule has 0 aliphatic rings. The van der Waals surface area contributed by atoms with E-state index >= 15 is 0 Å². The standard InChI is InChI=1S/C24H29N3O5S2/c1-17-5-6-18(2)21(15-17)22-16-33-24(25-22)26-23(28)19-7-9-20(10-8-19)34(29,30)27(11-13-31-3)12-14-32-4/h5-10,15-16H,11-14H2,1-4H3,(H,25,26,28). The summed E-state index contributed by atoms with van der Waals surface area (Å²) < 4.78 is 37.4. The first kappa shape index (κ1) is 26.0. The SMILES string of the molecule is COCCN(CCOC)S(=O)(=O)c1ccc(C(=O)Nc2nc(-c3cc(C)ccc3C)cs2)cc1. The number of aryl methyl sites for hydroxylation is 2. The van der Waals surface area contributed by atoms with Crippen LogP contribution in [0.1, 0.15) is 21.5 Å². The lowest BCUT2D eigenvalue weighted by Crippen LogP contribution is -2.36. The molecule has 0 atom stereocenters. The van der Waals surface area contributed by atoms with Crippen LogP contribution in [0.2, 0.25) is 0 Å². The number of aromatic nitrogens is 1. The van der Waals surface area contributed by atoms with Gasteiger partial charge in [0.25, 0.3) is 5.91 Å². The van der Waals surface area contributed by atoms with Crippen molar-refractivity contribution in [3.05, 3.63) is 64.5 Å². The zero-order valence-corrected chi connectivity index (χ0v) is 21.3. The predicted octanol–water partition coefficient (Wildman–Crippen LogP) is 3.96. The highest BCUT2D eigenvalue weighted by atomic mass is 32.2. The van der Waals surface area contributed by atoms with E-state index in [9.17, 15) is 13.2 Å². The molecule has 0 fully saturated rings. The van der Waals surface area contributed by atoms with E-state index in [1.54, 1.807) is 0 Å². The van der Waals surface area contributed by atoms with Gasteiger partial charge in [-0.05, 0) is 49.7 Å². The molecule has 0 aliphatic carbocycles. The maximum absolute atomic E-state index is 13.0. The van der Waals surface area contributed by atoms with Crippen molar-refractivity contribution in [2.45, 2.75) is 18.7 Å². The molecule has 0 bridgehead atoms. The van der Waals surface area contributed by atoms with Gasteiger partial charge in [-0.3, -0.25) is 10.1 Å². The Morgan fingerprint density at radius 3 is 2.29 bits per heavy atom. The summed E-state index contributed by atoms with van der Waals surface area (Å²) in [4.78, 5) is 17.4. The van der Waals surface area contributed by atoms with Crippen molar-refractivity contribution in [2.24, 2.45) is 0 Å². The quantitative estimate of drug-likeness (QED) is 0.425. The topological polar surface area (TPSA) is 97.8 Å². The molecule has 1 N–H and O–H groups in total. The molecule has 0 saturated carbocycles. The average Bonchev–Trinajstić information content (AvgIpc) is 3.28. The maximum atomic E-state index is 13.0. The molecule has 0 spiro atoms. The molecule has 34 heavy (non-hydrogen) atoms. The summed E-state index contributed by atoms with van der Waals surface area (Å²) in [6, 6.07) is 12.0. The molecule has 0 radical (unpaired) electrons. The van der Waals surface area contributed by atoms with Gasteiger partial charge in [-0.15, -0.1) is 11.3 Å². The van der Waals surface area contributed by atoms with E-state index in [0.29, 0.717) is 10.7 Å². The summed E-state index contributed by atoms with van der Waals surface area (Å²) in [6.07, 6.45) is 0. The monoisotopic (exact) mass is 503 g/mol. The highest BCUT2D eigenvalue weighted by Crippen LogP contribution is 2.28. The van der Waals surface area contributed by atoms with Crippen LogP contribution in [-0.4, -0.2) is 64.1 Å². The van der Waals surface area contributed by atoms with Crippen LogP contribution in [0, 0.1) is 13.8 Å². The van der Waals surface area contributed by atoms with Gasteiger partial charge in [0, 0.05) is 43.8 Å². The van der Waals surface area contributed by atoms with Crippen LogP contribution in [-0.2, 0) is 19.5 Å². The molecular weight excluding hydrogens is 474 g/mol. The summed E-state index contributed by atoms with van der Waals surface area (Å²) in [5.41, 5.74) is 4.41. The first-order valence-electron chi connectivity index (χ1n) is 10.7. The number of carbonyl (C=O) groups is 1. The molecule has 0 aliphatic heterocycles. The van der Waals surface area contributed by atoms with Gasteiger partial charge in [0.2, 0.25) is 10.0 Å².